The number of hydrogen-bond acceptors (Lipinski definition) is 9. The van der Waals surface area contributed by atoms with Gasteiger partial charge in [0.1, 0.15) is 37.1 Å². The molecule has 1 heterocycles. The number of nitrogens with zero attached hydrogens (tertiary/aromatic N) is 1. The number of aliphatic hydroxyl groups excluding tert-OH is 1. The predicted molar refractivity (Wildman–Crippen MR) is 212 cm³/mol. The number of halogens is 1. The maximum Gasteiger partial charge on any atom is 0.142 e. The van der Waals surface area contributed by atoms with Crippen LogP contribution in [0.3, 0.4) is 0 Å². The Kier molecular flexibility index (Phi) is 12.9. The second kappa shape index (κ2) is 17.9. The Morgan fingerprint density at radius 3 is 2.26 bits per heavy atom. The van der Waals surface area contributed by atoms with E-state index in [1.807, 2.05) is 37.4 Å². The number of pyridine rings is 1. The van der Waals surface area contributed by atoms with Crippen LogP contribution >= 0.6 is 11.6 Å². The largest absolute Gasteiger partial charge is 0.492 e. The molecule has 1 aliphatic rings. The standard InChI is InChI=1S/C43H49ClN4O5/c1-29-33(6-4-8-38(29)39-9-5-7-37(30(39)2)32-10-12-36(13-11-32)51-19-17-46-16-18-49)27-53-42-22-41(52-26-31-20-35(45-3)25-47-23-31)34(21-40(42)44)24-48-28-43(50)14-15-43/h4-13,20-23,25,45-46,48-50H,14-19,24,26-28H2,1-3H3. The first-order valence-corrected chi connectivity index (χ1v) is 18.5. The summed E-state index contributed by atoms with van der Waals surface area (Å²) in [6.07, 6.45) is 5.18. The van der Waals surface area contributed by atoms with Crippen molar-refractivity contribution < 1.29 is 24.4 Å². The fraction of sp³-hybridized carbons (Fsp3) is 0.326. The summed E-state index contributed by atoms with van der Waals surface area (Å²) in [6.45, 7) is 7.84. The molecule has 0 unspecified atom stereocenters. The van der Waals surface area contributed by atoms with E-state index in [9.17, 15) is 5.11 Å². The molecule has 1 saturated carbocycles. The normalized spacial score (nSPS) is 13.1. The molecule has 0 radical (unpaired) electrons. The van der Waals surface area contributed by atoms with Gasteiger partial charge in [-0.15, -0.1) is 0 Å². The van der Waals surface area contributed by atoms with Crippen molar-refractivity contribution in [2.24, 2.45) is 0 Å². The zero-order chi connectivity index (χ0) is 37.2. The number of aliphatic hydroxyl groups is 2. The minimum Gasteiger partial charge on any atom is -0.492 e. The smallest absolute Gasteiger partial charge is 0.142 e. The van der Waals surface area contributed by atoms with E-state index in [0.29, 0.717) is 62.5 Å². The lowest BCUT2D eigenvalue weighted by Gasteiger charge is -2.19. The van der Waals surface area contributed by atoms with Crippen molar-refractivity contribution in [2.75, 3.05) is 45.2 Å². The quantitative estimate of drug-likeness (QED) is 0.0551. The summed E-state index contributed by atoms with van der Waals surface area (Å²) in [5, 5.41) is 29.4. The molecule has 1 aliphatic carbocycles. The number of anilines is 1. The van der Waals surface area contributed by atoms with Gasteiger partial charge in [0, 0.05) is 62.8 Å². The highest BCUT2D eigenvalue weighted by atomic mass is 35.5. The molecule has 0 amide bonds. The number of nitrogens with one attached hydrogen (secondary N) is 3. The minimum absolute atomic E-state index is 0.115. The van der Waals surface area contributed by atoms with E-state index >= 15 is 0 Å². The van der Waals surface area contributed by atoms with Gasteiger partial charge >= 0.3 is 0 Å². The van der Waals surface area contributed by atoms with Gasteiger partial charge in [-0.05, 0) is 89.9 Å². The molecule has 0 saturated heterocycles. The second-order valence-electron chi connectivity index (χ2n) is 13.5. The summed E-state index contributed by atoms with van der Waals surface area (Å²) >= 11 is 6.83. The molecule has 5 N–H and O–H groups in total. The summed E-state index contributed by atoms with van der Waals surface area (Å²) < 4.78 is 18.6. The van der Waals surface area contributed by atoms with Crippen molar-refractivity contribution in [3.63, 3.8) is 0 Å². The van der Waals surface area contributed by atoms with E-state index in [1.54, 1.807) is 12.4 Å². The lowest BCUT2D eigenvalue weighted by Crippen LogP contribution is -2.27. The van der Waals surface area contributed by atoms with Crippen molar-refractivity contribution in [2.45, 2.75) is 52.0 Å². The average molecular weight is 737 g/mol. The second-order valence-corrected chi connectivity index (χ2v) is 13.9. The van der Waals surface area contributed by atoms with Gasteiger partial charge in [-0.25, -0.2) is 0 Å². The molecule has 4 aromatic carbocycles. The van der Waals surface area contributed by atoms with E-state index in [1.165, 1.54) is 5.56 Å². The zero-order valence-corrected chi connectivity index (χ0v) is 31.4. The first-order valence-electron chi connectivity index (χ1n) is 18.1. The molecular formula is C43H49ClN4O5. The molecule has 1 aromatic heterocycles. The number of ether oxygens (including phenoxy) is 3. The third-order valence-corrected chi connectivity index (χ3v) is 9.94. The number of aromatic nitrogens is 1. The lowest BCUT2D eigenvalue weighted by molar-refractivity contribution is 0.147. The Balaban J connectivity index is 1.17. The van der Waals surface area contributed by atoms with Crippen LogP contribution < -0.4 is 30.2 Å². The SMILES string of the molecule is CNc1cncc(COc2cc(OCc3cccc(-c4cccc(-c5ccc(OCCNCCO)cc5)c4C)c3C)c(Cl)cc2CNCC2(O)CC2)c1. The van der Waals surface area contributed by atoms with Gasteiger partial charge in [-0.2, -0.15) is 0 Å². The summed E-state index contributed by atoms with van der Waals surface area (Å²) in [5.74, 6) is 2.00. The average Bonchev–Trinajstić information content (AvgIpc) is 3.91. The van der Waals surface area contributed by atoms with Crippen LogP contribution in [0.1, 0.15) is 40.7 Å². The van der Waals surface area contributed by atoms with Crippen molar-refractivity contribution in [3.8, 4) is 39.5 Å². The summed E-state index contributed by atoms with van der Waals surface area (Å²) in [7, 11) is 1.86. The number of benzene rings is 4. The van der Waals surface area contributed by atoms with E-state index in [-0.39, 0.29) is 6.61 Å². The predicted octanol–water partition coefficient (Wildman–Crippen LogP) is 7.46. The van der Waals surface area contributed by atoms with Gasteiger partial charge in [-0.1, -0.05) is 60.1 Å². The molecule has 6 rings (SSSR count). The Morgan fingerprint density at radius 1 is 0.774 bits per heavy atom. The van der Waals surface area contributed by atoms with Crippen LogP contribution in [-0.4, -0.2) is 60.7 Å². The Morgan fingerprint density at radius 2 is 1.51 bits per heavy atom. The zero-order valence-electron chi connectivity index (χ0n) is 30.7. The number of hydrogen-bond donors (Lipinski definition) is 5. The van der Waals surface area contributed by atoms with Crippen LogP contribution in [0.5, 0.6) is 17.2 Å². The number of rotatable bonds is 19. The summed E-state index contributed by atoms with van der Waals surface area (Å²) in [4.78, 5) is 4.31. The van der Waals surface area contributed by atoms with Crippen molar-refractivity contribution in [1.29, 1.82) is 0 Å². The molecule has 0 aliphatic heterocycles. The molecule has 0 spiro atoms. The lowest BCUT2D eigenvalue weighted by atomic mass is 9.89. The van der Waals surface area contributed by atoms with Crippen LogP contribution in [0.25, 0.3) is 22.3 Å². The van der Waals surface area contributed by atoms with Gasteiger partial charge in [0.2, 0.25) is 0 Å². The topological polar surface area (TPSA) is 117 Å². The molecule has 278 valence electrons. The summed E-state index contributed by atoms with van der Waals surface area (Å²) in [5.41, 5.74) is 10.1. The molecule has 0 atom stereocenters. The molecule has 9 nitrogen and oxygen atoms in total. The Labute approximate surface area is 317 Å². The molecule has 0 bridgehead atoms. The van der Waals surface area contributed by atoms with Crippen LogP contribution in [0, 0.1) is 13.8 Å². The van der Waals surface area contributed by atoms with E-state index in [0.717, 1.165) is 68.8 Å². The summed E-state index contributed by atoms with van der Waals surface area (Å²) in [6, 6.07) is 26.7. The molecule has 5 aromatic rings. The molecule has 1 fully saturated rings. The Bertz CT molecular complexity index is 1980. The van der Waals surface area contributed by atoms with E-state index < -0.39 is 5.60 Å². The highest BCUT2D eigenvalue weighted by Crippen LogP contribution is 2.38. The van der Waals surface area contributed by atoms with Gasteiger partial charge in [0.25, 0.3) is 0 Å². The monoisotopic (exact) mass is 736 g/mol. The van der Waals surface area contributed by atoms with Gasteiger partial charge in [0.15, 0.2) is 0 Å². The van der Waals surface area contributed by atoms with Gasteiger partial charge in [0.05, 0.1) is 22.9 Å². The first-order chi connectivity index (χ1) is 25.8. The minimum atomic E-state index is -0.611. The fourth-order valence-electron chi connectivity index (χ4n) is 6.28. The van der Waals surface area contributed by atoms with Crippen molar-refractivity contribution in [3.05, 3.63) is 124 Å². The van der Waals surface area contributed by atoms with Crippen LogP contribution in [0.15, 0.2) is 91.3 Å². The van der Waals surface area contributed by atoms with Crippen LogP contribution in [-0.2, 0) is 19.8 Å². The third-order valence-electron chi connectivity index (χ3n) is 9.64. The fourth-order valence-corrected chi connectivity index (χ4v) is 6.52. The van der Waals surface area contributed by atoms with E-state index in [4.69, 9.17) is 30.9 Å². The van der Waals surface area contributed by atoms with E-state index in [2.05, 4.69) is 83.3 Å². The maximum atomic E-state index is 10.3. The maximum absolute atomic E-state index is 10.3. The molecular weight excluding hydrogens is 688 g/mol. The third kappa shape index (κ3) is 10.1. The Hall–Kier alpha value is -4.64. The van der Waals surface area contributed by atoms with Crippen molar-refractivity contribution >= 4 is 17.3 Å². The van der Waals surface area contributed by atoms with Gasteiger partial charge < -0.3 is 40.4 Å². The first kappa shape index (κ1) is 38.1. The highest BCUT2D eigenvalue weighted by Gasteiger charge is 2.39. The molecule has 53 heavy (non-hydrogen) atoms. The highest BCUT2D eigenvalue weighted by molar-refractivity contribution is 6.32. The van der Waals surface area contributed by atoms with Gasteiger partial charge in [-0.3, -0.25) is 4.98 Å². The van der Waals surface area contributed by atoms with Crippen LogP contribution in [0.2, 0.25) is 5.02 Å². The molecule has 10 heteroatoms. The van der Waals surface area contributed by atoms with Crippen molar-refractivity contribution in [1.82, 2.24) is 15.6 Å². The van der Waals surface area contributed by atoms with Crippen LogP contribution in [0.4, 0.5) is 5.69 Å².